The molecule has 1 aromatic heterocycles. The van der Waals surface area contributed by atoms with Crippen molar-refractivity contribution in [3.63, 3.8) is 0 Å². The first-order chi connectivity index (χ1) is 7.31. The molecule has 2 rings (SSSR count). The van der Waals surface area contributed by atoms with Gasteiger partial charge in [0.1, 0.15) is 0 Å². The first kappa shape index (κ1) is 10.6. The van der Waals surface area contributed by atoms with Crippen LogP contribution in [0, 0.1) is 0 Å². The van der Waals surface area contributed by atoms with Crippen LogP contribution in [0.1, 0.15) is 24.5 Å². The molecule has 2 heterocycles. The Morgan fingerprint density at radius 1 is 1.53 bits per heavy atom. The normalized spacial score (nSPS) is 21.3. The Morgan fingerprint density at radius 3 is 3.07 bits per heavy atom. The van der Waals surface area contributed by atoms with Crippen LogP contribution in [0.15, 0.2) is 12.1 Å². The van der Waals surface area contributed by atoms with Crippen LogP contribution in [0.25, 0.3) is 0 Å². The molecule has 1 aromatic rings. The summed E-state index contributed by atoms with van der Waals surface area (Å²) < 4.78 is 5.13. The van der Waals surface area contributed by atoms with Crippen LogP contribution in [-0.4, -0.2) is 23.6 Å². The molecule has 0 bridgehead atoms. The number of rotatable bonds is 2. The van der Waals surface area contributed by atoms with Crippen molar-refractivity contribution in [3.05, 3.63) is 17.8 Å². The molecule has 4 heteroatoms. The van der Waals surface area contributed by atoms with E-state index in [1.54, 1.807) is 7.11 Å². The van der Waals surface area contributed by atoms with Gasteiger partial charge in [-0.05, 0) is 30.7 Å². The van der Waals surface area contributed by atoms with Gasteiger partial charge in [-0.3, -0.25) is 0 Å². The number of methoxy groups -OCH3 is 1. The van der Waals surface area contributed by atoms with E-state index >= 15 is 0 Å². The van der Waals surface area contributed by atoms with Crippen LogP contribution < -0.4 is 10.5 Å². The Kier molecular flexibility index (Phi) is 3.36. The van der Waals surface area contributed by atoms with Crippen molar-refractivity contribution in [1.82, 2.24) is 4.98 Å². The number of hydrogen-bond acceptors (Lipinski definition) is 4. The van der Waals surface area contributed by atoms with Crippen molar-refractivity contribution in [1.29, 1.82) is 0 Å². The third-order valence-corrected chi connectivity index (χ3v) is 3.90. The number of nitrogens with two attached hydrogens (primary N) is 1. The largest absolute Gasteiger partial charge is 0.480 e. The van der Waals surface area contributed by atoms with E-state index in [1.807, 2.05) is 23.9 Å². The lowest BCUT2D eigenvalue weighted by Crippen LogP contribution is -2.11. The molecule has 1 aliphatic rings. The summed E-state index contributed by atoms with van der Waals surface area (Å²) in [5.74, 6) is 3.57. The molecule has 0 aromatic carbocycles. The highest BCUT2D eigenvalue weighted by Crippen LogP contribution is 2.32. The van der Waals surface area contributed by atoms with E-state index in [9.17, 15) is 0 Å². The summed E-state index contributed by atoms with van der Waals surface area (Å²) >= 11 is 2.00. The summed E-state index contributed by atoms with van der Waals surface area (Å²) in [4.78, 5) is 4.45. The molecule has 1 unspecified atom stereocenters. The zero-order chi connectivity index (χ0) is 10.7. The van der Waals surface area contributed by atoms with E-state index in [2.05, 4.69) is 4.98 Å². The SMILES string of the molecule is COc1nc(C2CCCSC2)ccc1N. The first-order valence-corrected chi connectivity index (χ1v) is 6.35. The molecule has 1 aliphatic heterocycles. The van der Waals surface area contributed by atoms with Crippen LogP contribution in [0.2, 0.25) is 0 Å². The van der Waals surface area contributed by atoms with Gasteiger partial charge in [-0.15, -0.1) is 0 Å². The number of aromatic nitrogens is 1. The van der Waals surface area contributed by atoms with Crippen LogP contribution >= 0.6 is 11.8 Å². The summed E-state index contributed by atoms with van der Waals surface area (Å²) in [6, 6.07) is 3.91. The summed E-state index contributed by atoms with van der Waals surface area (Å²) in [7, 11) is 1.61. The molecule has 0 spiro atoms. The molecule has 0 aliphatic carbocycles. The average molecular weight is 224 g/mol. The fourth-order valence-electron chi connectivity index (χ4n) is 1.83. The molecule has 0 amide bonds. The van der Waals surface area contributed by atoms with Gasteiger partial charge in [0, 0.05) is 17.4 Å². The summed E-state index contributed by atoms with van der Waals surface area (Å²) in [6.45, 7) is 0. The number of ether oxygens (including phenoxy) is 1. The molecule has 0 radical (unpaired) electrons. The molecule has 0 saturated carbocycles. The number of thioether (sulfide) groups is 1. The summed E-state index contributed by atoms with van der Waals surface area (Å²) in [5.41, 5.74) is 7.47. The van der Waals surface area contributed by atoms with Gasteiger partial charge in [-0.25, -0.2) is 4.98 Å². The fourth-order valence-corrected chi connectivity index (χ4v) is 2.99. The Labute approximate surface area is 94.4 Å². The lowest BCUT2D eigenvalue weighted by molar-refractivity contribution is 0.397. The highest BCUT2D eigenvalue weighted by Gasteiger charge is 2.18. The van der Waals surface area contributed by atoms with Gasteiger partial charge in [-0.2, -0.15) is 11.8 Å². The predicted octanol–water partition coefficient (Wildman–Crippen LogP) is 2.28. The van der Waals surface area contributed by atoms with Crippen molar-refractivity contribution in [2.24, 2.45) is 0 Å². The molecule has 1 saturated heterocycles. The molecule has 82 valence electrons. The standard InChI is InChI=1S/C11H16N2OS/c1-14-11-9(12)4-5-10(13-11)8-3-2-6-15-7-8/h4-5,8H,2-3,6-7,12H2,1H3. The quantitative estimate of drug-likeness (QED) is 0.837. The van der Waals surface area contributed by atoms with Gasteiger partial charge < -0.3 is 10.5 Å². The highest BCUT2D eigenvalue weighted by molar-refractivity contribution is 7.99. The number of nitrogen functional groups attached to an aromatic ring is 1. The Bertz CT molecular complexity index is 337. The number of nitrogens with zero attached hydrogens (tertiary/aromatic N) is 1. The third-order valence-electron chi connectivity index (χ3n) is 2.68. The molecular weight excluding hydrogens is 208 g/mol. The molecule has 2 N–H and O–H groups in total. The molecule has 1 fully saturated rings. The monoisotopic (exact) mass is 224 g/mol. The van der Waals surface area contributed by atoms with E-state index in [4.69, 9.17) is 10.5 Å². The minimum absolute atomic E-state index is 0.558. The molecule has 15 heavy (non-hydrogen) atoms. The maximum absolute atomic E-state index is 5.74. The topological polar surface area (TPSA) is 48.1 Å². The minimum Gasteiger partial charge on any atom is -0.480 e. The van der Waals surface area contributed by atoms with Crippen LogP contribution in [0.3, 0.4) is 0 Å². The van der Waals surface area contributed by atoms with Gasteiger partial charge in [0.05, 0.1) is 12.8 Å². The van der Waals surface area contributed by atoms with E-state index < -0.39 is 0 Å². The van der Waals surface area contributed by atoms with E-state index in [1.165, 1.54) is 24.3 Å². The van der Waals surface area contributed by atoms with E-state index in [-0.39, 0.29) is 0 Å². The second-order valence-corrected chi connectivity index (χ2v) is 4.90. The Morgan fingerprint density at radius 2 is 2.40 bits per heavy atom. The van der Waals surface area contributed by atoms with Gasteiger partial charge >= 0.3 is 0 Å². The first-order valence-electron chi connectivity index (χ1n) is 5.19. The van der Waals surface area contributed by atoms with Gasteiger partial charge in [-0.1, -0.05) is 0 Å². The minimum atomic E-state index is 0.558. The molecular formula is C11H16N2OS. The predicted molar refractivity (Wildman–Crippen MR) is 64.5 cm³/mol. The van der Waals surface area contributed by atoms with Crippen molar-refractivity contribution < 1.29 is 4.74 Å². The molecule has 3 nitrogen and oxygen atoms in total. The fraction of sp³-hybridized carbons (Fsp3) is 0.545. The van der Waals surface area contributed by atoms with Crippen LogP contribution in [0.4, 0.5) is 5.69 Å². The summed E-state index contributed by atoms with van der Waals surface area (Å²) in [6.07, 6.45) is 2.51. The van der Waals surface area contributed by atoms with E-state index in [0.29, 0.717) is 17.5 Å². The van der Waals surface area contributed by atoms with Gasteiger partial charge in [0.2, 0.25) is 5.88 Å². The Hall–Kier alpha value is -0.900. The van der Waals surface area contributed by atoms with E-state index in [0.717, 1.165) is 5.69 Å². The lowest BCUT2D eigenvalue weighted by Gasteiger charge is -2.21. The van der Waals surface area contributed by atoms with Crippen LogP contribution in [0.5, 0.6) is 5.88 Å². The maximum atomic E-state index is 5.74. The number of pyridine rings is 1. The molecule has 1 atom stereocenters. The number of hydrogen-bond donors (Lipinski definition) is 1. The van der Waals surface area contributed by atoms with Crippen molar-refractivity contribution in [3.8, 4) is 5.88 Å². The zero-order valence-electron chi connectivity index (χ0n) is 8.90. The lowest BCUT2D eigenvalue weighted by atomic mass is 10.0. The Balaban J connectivity index is 2.20. The van der Waals surface area contributed by atoms with Crippen molar-refractivity contribution >= 4 is 17.4 Å². The van der Waals surface area contributed by atoms with Gasteiger partial charge in [0.25, 0.3) is 0 Å². The zero-order valence-corrected chi connectivity index (χ0v) is 9.72. The maximum Gasteiger partial charge on any atom is 0.237 e. The van der Waals surface area contributed by atoms with Gasteiger partial charge in [0.15, 0.2) is 0 Å². The highest BCUT2D eigenvalue weighted by atomic mass is 32.2. The third kappa shape index (κ3) is 2.37. The second kappa shape index (κ2) is 4.75. The average Bonchev–Trinajstić information content (AvgIpc) is 2.31. The van der Waals surface area contributed by atoms with Crippen molar-refractivity contribution in [2.75, 3.05) is 24.3 Å². The number of anilines is 1. The summed E-state index contributed by atoms with van der Waals surface area (Å²) in [5, 5.41) is 0. The smallest absolute Gasteiger partial charge is 0.237 e. The second-order valence-electron chi connectivity index (χ2n) is 3.75. The van der Waals surface area contributed by atoms with Crippen LogP contribution in [-0.2, 0) is 0 Å². The van der Waals surface area contributed by atoms with Crippen molar-refractivity contribution in [2.45, 2.75) is 18.8 Å².